The van der Waals surface area contributed by atoms with E-state index in [1.807, 2.05) is 32.0 Å². The van der Waals surface area contributed by atoms with E-state index >= 15 is 0 Å². The molecule has 0 bridgehead atoms. The number of para-hydroxylation sites is 1. The molecule has 100 valence electrons. The van der Waals surface area contributed by atoms with Gasteiger partial charge in [0.05, 0.1) is 23.6 Å². The number of benzene rings is 1. The molecule has 0 N–H and O–H groups in total. The molecule has 0 saturated heterocycles. The minimum Gasteiger partial charge on any atom is -0.491 e. The molecule has 1 aliphatic rings. The van der Waals surface area contributed by atoms with E-state index < -0.39 is 5.41 Å². The van der Waals surface area contributed by atoms with E-state index in [9.17, 15) is 4.79 Å². The number of nitriles is 1. The average Bonchev–Trinajstić information content (AvgIpc) is 2.57. The first-order valence-corrected chi connectivity index (χ1v) is 6.46. The summed E-state index contributed by atoms with van der Waals surface area (Å²) in [7, 11) is 0. The summed E-state index contributed by atoms with van der Waals surface area (Å²) in [5.41, 5.74) is 0.197. The molecule has 0 atom stereocenters. The molecule has 0 spiro atoms. The molecule has 0 aromatic heterocycles. The Balaban J connectivity index is 2.12. The van der Waals surface area contributed by atoms with Gasteiger partial charge in [-0.1, -0.05) is 12.1 Å². The van der Waals surface area contributed by atoms with Crippen molar-refractivity contribution in [1.29, 1.82) is 5.26 Å². The smallest absolute Gasteiger partial charge is 0.257 e. The zero-order valence-corrected chi connectivity index (χ0v) is 11.3. The molecule has 1 heterocycles. The van der Waals surface area contributed by atoms with Gasteiger partial charge in [0.25, 0.3) is 5.91 Å². The van der Waals surface area contributed by atoms with E-state index in [0.717, 1.165) is 0 Å². The molecule has 0 saturated carbocycles. The average molecular weight is 258 g/mol. The van der Waals surface area contributed by atoms with Gasteiger partial charge in [-0.05, 0) is 32.4 Å². The number of carbonyl (C=O) groups is 1. The molecule has 1 aromatic carbocycles. The fourth-order valence-corrected chi connectivity index (χ4v) is 1.99. The molecule has 0 radical (unpaired) electrons. The van der Waals surface area contributed by atoms with Crippen LogP contribution in [0.3, 0.4) is 0 Å². The fraction of sp³-hybridized carbons (Fsp3) is 0.467. The Labute approximate surface area is 113 Å². The van der Waals surface area contributed by atoms with E-state index in [2.05, 4.69) is 6.07 Å². The van der Waals surface area contributed by atoms with Gasteiger partial charge in [0.1, 0.15) is 12.4 Å². The van der Waals surface area contributed by atoms with Crippen LogP contribution in [-0.2, 0) is 0 Å². The number of hydrogen-bond acceptors (Lipinski definition) is 3. The summed E-state index contributed by atoms with van der Waals surface area (Å²) >= 11 is 0. The summed E-state index contributed by atoms with van der Waals surface area (Å²) < 4.78 is 5.58. The Bertz CT molecular complexity index is 517. The highest BCUT2D eigenvalue weighted by atomic mass is 16.5. The van der Waals surface area contributed by atoms with Gasteiger partial charge in [-0.25, -0.2) is 0 Å². The maximum atomic E-state index is 12.4. The van der Waals surface area contributed by atoms with Crippen molar-refractivity contribution in [2.24, 2.45) is 5.41 Å². The van der Waals surface area contributed by atoms with Gasteiger partial charge in [0, 0.05) is 6.54 Å². The van der Waals surface area contributed by atoms with E-state index in [-0.39, 0.29) is 5.91 Å². The molecule has 1 amide bonds. The van der Waals surface area contributed by atoms with Crippen LogP contribution in [0.5, 0.6) is 5.75 Å². The number of carbonyl (C=O) groups excluding carboxylic acids is 1. The zero-order valence-electron chi connectivity index (χ0n) is 11.3. The van der Waals surface area contributed by atoms with Gasteiger partial charge in [-0.15, -0.1) is 0 Å². The largest absolute Gasteiger partial charge is 0.491 e. The first-order valence-electron chi connectivity index (χ1n) is 6.46. The van der Waals surface area contributed by atoms with Crippen molar-refractivity contribution in [3.05, 3.63) is 29.8 Å². The van der Waals surface area contributed by atoms with E-state index in [4.69, 9.17) is 10.00 Å². The number of rotatable bonds is 3. The lowest BCUT2D eigenvalue weighted by molar-refractivity contribution is 0.0742. The van der Waals surface area contributed by atoms with Crippen LogP contribution in [0.1, 0.15) is 30.6 Å². The minimum absolute atomic E-state index is 0.0122. The summed E-state index contributed by atoms with van der Waals surface area (Å²) in [6, 6.07) is 9.56. The van der Waals surface area contributed by atoms with Crippen LogP contribution in [0.25, 0.3) is 0 Å². The molecule has 0 fully saturated rings. The summed E-state index contributed by atoms with van der Waals surface area (Å²) in [6.45, 7) is 5.42. The first kappa shape index (κ1) is 13.4. The molecular formula is C15H18N2O2. The molecule has 0 aliphatic carbocycles. The first-order chi connectivity index (χ1) is 9.03. The third-order valence-electron chi connectivity index (χ3n) is 3.33. The highest BCUT2D eigenvalue weighted by Crippen LogP contribution is 2.24. The zero-order chi connectivity index (χ0) is 13.9. The number of amides is 1. The second-order valence-corrected chi connectivity index (χ2v) is 5.38. The standard InChI is InChI=1S/C15H18N2O2/c1-15(2,11-16)7-8-17-9-10-19-13-6-4-3-5-12(13)14(17)18/h3-6H,7-10H2,1-2H3. The molecule has 4 heteroatoms. The lowest BCUT2D eigenvalue weighted by atomic mass is 9.91. The van der Waals surface area contributed by atoms with Gasteiger partial charge in [0.15, 0.2) is 0 Å². The topological polar surface area (TPSA) is 53.3 Å². The van der Waals surface area contributed by atoms with Crippen LogP contribution in [0.4, 0.5) is 0 Å². The number of hydrogen-bond donors (Lipinski definition) is 0. The molecule has 0 unspecified atom stereocenters. The summed E-state index contributed by atoms with van der Waals surface area (Å²) in [6.07, 6.45) is 0.664. The lowest BCUT2D eigenvalue weighted by Gasteiger charge is -2.23. The Morgan fingerprint density at radius 1 is 1.42 bits per heavy atom. The quantitative estimate of drug-likeness (QED) is 0.836. The molecule has 1 aromatic rings. The van der Waals surface area contributed by atoms with Crippen LogP contribution in [0.2, 0.25) is 0 Å². The summed E-state index contributed by atoms with van der Waals surface area (Å²) in [5.74, 6) is 0.636. The third-order valence-corrected chi connectivity index (χ3v) is 3.33. The molecule has 19 heavy (non-hydrogen) atoms. The lowest BCUT2D eigenvalue weighted by Crippen LogP contribution is -2.35. The van der Waals surface area contributed by atoms with Crippen LogP contribution in [0.15, 0.2) is 24.3 Å². The summed E-state index contributed by atoms with van der Waals surface area (Å²) in [5, 5.41) is 9.02. The van der Waals surface area contributed by atoms with E-state index in [0.29, 0.717) is 37.4 Å². The number of nitrogens with zero attached hydrogens (tertiary/aromatic N) is 2. The van der Waals surface area contributed by atoms with Crippen molar-refractivity contribution in [2.75, 3.05) is 19.7 Å². The molecule has 2 rings (SSSR count). The Morgan fingerprint density at radius 2 is 2.16 bits per heavy atom. The van der Waals surface area contributed by atoms with E-state index in [1.54, 1.807) is 11.0 Å². The highest BCUT2D eigenvalue weighted by Gasteiger charge is 2.25. The van der Waals surface area contributed by atoms with Crippen molar-refractivity contribution in [1.82, 2.24) is 4.90 Å². The second-order valence-electron chi connectivity index (χ2n) is 5.38. The molecule has 1 aliphatic heterocycles. The van der Waals surface area contributed by atoms with Crippen LogP contribution in [0, 0.1) is 16.7 Å². The number of fused-ring (bicyclic) bond motifs is 1. The Morgan fingerprint density at radius 3 is 2.89 bits per heavy atom. The van der Waals surface area contributed by atoms with Crippen molar-refractivity contribution < 1.29 is 9.53 Å². The maximum Gasteiger partial charge on any atom is 0.257 e. The van der Waals surface area contributed by atoms with Crippen molar-refractivity contribution in [2.45, 2.75) is 20.3 Å². The number of ether oxygens (including phenoxy) is 1. The monoisotopic (exact) mass is 258 g/mol. The van der Waals surface area contributed by atoms with Gasteiger partial charge in [-0.2, -0.15) is 5.26 Å². The van der Waals surface area contributed by atoms with Gasteiger partial charge >= 0.3 is 0 Å². The minimum atomic E-state index is -0.410. The Hall–Kier alpha value is -2.02. The van der Waals surface area contributed by atoms with E-state index in [1.165, 1.54) is 0 Å². The van der Waals surface area contributed by atoms with Crippen molar-refractivity contribution in [3.8, 4) is 11.8 Å². The van der Waals surface area contributed by atoms with Crippen molar-refractivity contribution in [3.63, 3.8) is 0 Å². The van der Waals surface area contributed by atoms with Crippen LogP contribution < -0.4 is 4.74 Å². The predicted molar refractivity (Wildman–Crippen MR) is 71.9 cm³/mol. The predicted octanol–water partition coefficient (Wildman–Crippen LogP) is 2.46. The molecular weight excluding hydrogens is 240 g/mol. The van der Waals surface area contributed by atoms with Crippen LogP contribution in [-0.4, -0.2) is 30.5 Å². The normalized spacial score (nSPS) is 15.2. The van der Waals surface area contributed by atoms with Gasteiger partial charge in [-0.3, -0.25) is 4.79 Å². The third kappa shape index (κ3) is 3.05. The Kier molecular flexibility index (Phi) is 3.75. The van der Waals surface area contributed by atoms with Crippen LogP contribution >= 0.6 is 0 Å². The van der Waals surface area contributed by atoms with Gasteiger partial charge in [0.2, 0.25) is 0 Å². The molecule has 4 nitrogen and oxygen atoms in total. The SMILES string of the molecule is CC(C)(C#N)CCN1CCOc2ccccc2C1=O. The van der Waals surface area contributed by atoms with Crippen molar-refractivity contribution >= 4 is 5.91 Å². The highest BCUT2D eigenvalue weighted by molar-refractivity contribution is 5.97. The summed E-state index contributed by atoms with van der Waals surface area (Å²) in [4.78, 5) is 14.2. The van der Waals surface area contributed by atoms with Gasteiger partial charge < -0.3 is 9.64 Å². The second kappa shape index (κ2) is 5.31. The fourth-order valence-electron chi connectivity index (χ4n) is 1.99. The maximum absolute atomic E-state index is 12.4.